The van der Waals surface area contributed by atoms with Crippen LogP contribution in [0.4, 0.5) is 9.18 Å². The molecular weight excluding hydrogens is 315 g/mol. The molecule has 0 saturated carbocycles. The van der Waals surface area contributed by atoms with Gasteiger partial charge in [0, 0.05) is 5.39 Å². The highest BCUT2D eigenvalue weighted by Gasteiger charge is 2.23. The number of nitrogens with zero attached hydrogens (tertiary/aromatic N) is 1. The number of carboxylic acids is 1. The van der Waals surface area contributed by atoms with Gasteiger partial charge in [0.25, 0.3) is 0 Å². The fraction of sp³-hybridized carbons (Fsp3) is 0.353. The molecule has 0 aliphatic rings. The minimum atomic E-state index is -1.21. The smallest absolute Gasteiger partial charge is 0.408 e. The van der Waals surface area contributed by atoms with Crippen LogP contribution in [0.15, 0.2) is 24.3 Å². The summed E-state index contributed by atoms with van der Waals surface area (Å²) < 4.78 is 18.5. The van der Waals surface area contributed by atoms with Crippen LogP contribution in [0.5, 0.6) is 0 Å². The molecule has 0 aliphatic heterocycles. The molecule has 24 heavy (non-hydrogen) atoms. The van der Waals surface area contributed by atoms with Gasteiger partial charge in [0.05, 0.1) is 22.8 Å². The summed E-state index contributed by atoms with van der Waals surface area (Å²) >= 11 is 0. The zero-order chi connectivity index (χ0) is 18.1. The molecule has 1 amide bonds. The summed E-state index contributed by atoms with van der Waals surface area (Å²) in [6.07, 6.45) is -0.674. The van der Waals surface area contributed by atoms with Gasteiger partial charge in [-0.15, -0.1) is 0 Å². The number of fused-ring (bicyclic) bond motifs is 1. The molecule has 128 valence electrons. The Morgan fingerprint density at radius 3 is 2.54 bits per heavy atom. The molecule has 0 aliphatic carbocycles. The standard InChI is InChI=1S/C17H19FN2O4/c1-9(19-16(23)24-17(2,3)4)14-12(15(21)22)8-10-7-11(18)5-6-13(10)20-14/h5-9H,1-4H3,(H,19,23)(H,21,22). The predicted octanol–water partition coefficient (Wildman–Crippen LogP) is 3.66. The molecule has 2 rings (SSSR count). The van der Waals surface area contributed by atoms with Crippen LogP contribution in [0, 0.1) is 5.82 Å². The maximum atomic E-state index is 13.3. The number of amides is 1. The van der Waals surface area contributed by atoms with Gasteiger partial charge in [0.15, 0.2) is 0 Å². The number of ether oxygens (including phenoxy) is 1. The topological polar surface area (TPSA) is 88.5 Å². The average Bonchev–Trinajstić information content (AvgIpc) is 2.43. The highest BCUT2D eigenvalue weighted by atomic mass is 19.1. The second-order valence-corrected chi connectivity index (χ2v) is 6.43. The van der Waals surface area contributed by atoms with Crippen molar-refractivity contribution in [2.75, 3.05) is 0 Å². The Morgan fingerprint density at radius 2 is 1.96 bits per heavy atom. The van der Waals surface area contributed by atoms with Crippen LogP contribution in [-0.2, 0) is 4.74 Å². The molecule has 1 atom stereocenters. The van der Waals surface area contributed by atoms with Gasteiger partial charge < -0.3 is 15.2 Å². The van der Waals surface area contributed by atoms with Crippen molar-refractivity contribution in [3.05, 3.63) is 41.3 Å². The number of aromatic carboxylic acids is 1. The van der Waals surface area contributed by atoms with E-state index >= 15 is 0 Å². The van der Waals surface area contributed by atoms with Crippen LogP contribution in [0.1, 0.15) is 49.8 Å². The Hall–Kier alpha value is -2.70. The molecule has 1 unspecified atom stereocenters. The van der Waals surface area contributed by atoms with E-state index in [2.05, 4.69) is 10.3 Å². The molecule has 6 nitrogen and oxygen atoms in total. The first-order valence-corrected chi connectivity index (χ1v) is 7.40. The molecule has 2 N–H and O–H groups in total. The van der Waals surface area contributed by atoms with Gasteiger partial charge >= 0.3 is 12.1 Å². The normalized spacial score (nSPS) is 12.7. The van der Waals surface area contributed by atoms with E-state index in [1.807, 2.05) is 0 Å². The van der Waals surface area contributed by atoms with Crippen molar-refractivity contribution in [1.29, 1.82) is 0 Å². The van der Waals surface area contributed by atoms with Gasteiger partial charge in [-0.3, -0.25) is 0 Å². The van der Waals surface area contributed by atoms with Crippen molar-refractivity contribution in [2.45, 2.75) is 39.3 Å². The number of hydrogen-bond donors (Lipinski definition) is 2. The van der Waals surface area contributed by atoms with Crippen molar-refractivity contribution in [3.63, 3.8) is 0 Å². The van der Waals surface area contributed by atoms with E-state index < -0.39 is 29.5 Å². The summed E-state index contributed by atoms with van der Waals surface area (Å²) in [4.78, 5) is 27.6. The Morgan fingerprint density at radius 1 is 1.29 bits per heavy atom. The maximum Gasteiger partial charge on any atom is 0.408 e. The van der Waals surface area contributed by atoms with Gasteiger partial charge in [0.2, 0.25) is 0 Å². The van der Waals surface area contributed by atoms with E-state index in [0.717, 1.165) is 0 Å². The summed E-state index contributed by atoms with van der Waals surface area (Å²) in [6, 6.07) is 4.56. The maximum absolute atomic E-state index is 13.3. The van der Waals surface area contributed by atoms with E-state index in [9.17, 15) is 19.1 Å². The monoisotopic (exact) mass is 334 g/mol. The van der Waals surface area contributed by atoms with Crippen molar-refractivity contribution >= 4 is 23.0 Å². The lowest BCUT2D eigenvalue weighted by molar-refractivity contribution is 0.0503. The average molecular weight is 334 g/mol. The first-order chi connectivity index (χ1) is 11.1. The van der Waals surface area contributed by atoms with Crippen molar-refractivity contribution in [3.8, 4) is 0 Å². The van der Waals surface area contributed by atoms with Gasteiger partial charge in [-0.2, -0.15) is 0 Å². The molecule has 0 radical (unpaired) electrons. The van der Waals surface area contributed by atoms with Gasteiger partial charge in [-0.25, -0.2) is 19.0 Å². The minimum Gasteiger partial charge on any atom is -0.478 e. The van der Waals surface area contributed by atoms with Crippen LogP contribution in [0.2, 0.25) is 0 Å². The lowest BCUT2D eigenvalue weighted by atomic mass is 10.0. The summed E-state index contributed by atoms with van der Waals surface area (Å²) in [5, 5.41) is 12.3. The Balaban J connectivity index is 2.38. The molecule has 7 heteroatoms. The van der Waals surface area contributed by atoms with Crippen molar-refractivity contribution in [2.24, 2.45) is 0 Å². The predicted molar refractivity (Wildman–Crippen MR) is 86.4 cm³/mol. The van der Waals surface area contributed by atoms with Crippen LogP contribution < -0.4 is 5.32 Å². The number of carbonyl (C=O) groups excluding carboxylic acids is 1. The molecule has 1 heterocycles. The number of aromatic nitrogens is 1. The highest BCUT2D eigenvalue weighted by Crippen LogP contribution is 2.23. The Bertz CT molecular complexity index is 799. The summed E-state index contributed by atoms with van der Waals surface area (Å²) in [5.74, 6) is -1.69. The third kappa shape index (κ3) is 4.18. The van der Waals surface area contributed by atoms with E-state index in [1.54, 1.807) is 27.7 Å². The molecular formula is C17H19FN2O4. The number of hydrogen-bond acceptors (Lipinski definition) is 4. The largest absolute Gasteiger partial charge is 0.478 e. The fourth-order valence-electron chi connectivity index (χ4n) is 2.22. The number of alkyl carbamates (subject to hydrolysis) is 1. The zero-order valence-electron chi connectivity index (χ0n) is 13.9. The second-order valence-electron chi connectivity index (χ2n) is 6.43. The Labute approximate surface area is 138 Å². The SMILES string of the molecule is CC(NC(=O)OC(C)(C)C)c1nc2ccc(F)cc2cc1C(=O)O. The minimum absolute atomic E-state index is 0.100. The van der Waals surface area contributed by atoms with E-state index in [0.29, 0.717) is 10.9 Å². The second kappa shape index (κ2) is 6.43. The lowest BCUT2D eigenvalue weighted by Gasteiger charge is -2.22. The highest BCUT2D eigenvalue weighted by molar-refractivity contribution is 5.94. The van der Waals surface area contributed by atoms with Gasteiger partial charge in [-0.1, -0.05) is 0 Å². The number of rotatable bonds is 3. The third-order valence-electron chi connectivity index (χ3n) is 3.18. The molecule has 1 aromatic carbocycles. The molecule has 0 bridgehead atoms. The zero-order valence-corrected chi connectivity index (χ0v) is 13.9. The summed E-state index contributed by atoms with van der Waals surface area (Å²) in [6.45, 7) is 6.78. The lowest BCUT2D eigenvalue weighted by Crippen LogP contribution is -2.34. The number of carbonyl (C=O) groups is 2. The van der Waals surface area contributed by atoms with Gasteiger partial charge in [-0.05, 0) is 52.0 Å². The van der Waals surface area contributed by atoms with Gasteiger partial charge in [0.1, 0.15) is 11.4 Å². The van der Waals surface area contributed by atoms with Crippen molar-refractivity contribution < 1.29 is 23.8 Å². The quantitative estimate of drug-likeness (QED) is 0.894. The summed E-state index contributed by atoms with van der Waals surface area (Å²) in [5.41, 5.74) is -0.160. The number of pyridine rings is 1. The van der Waals surface area contributed by atoms with Crippen molar-refractivity contribution in [1.82, 2.24) is 10.3 Å². The number of nitrogens with one attached hydrogen (secondary N) is 1. The molecule has 0 spiro atoms. The molecule has 1 aromatic heterocycles. The number of halogens is 1. The molecule has 2 aromatic rings. The van der Waals surface area contributed by atoms with E-state index in [4.69, 9.17) is 4.74 Å². The summed E-state index contributed by atoms with van der Waals surface area (Å²) in [7, 11) is 0. The first-order valence-electron chi connectivity index (χ1n) is 7.40. The molecule has 0 fully saturated rings. The first kappa shape index (κ1) is 17.7. The van der Waals surface area contributed by atoms with Crippen LogP contribution >= 0.6 is 0 Å². The van der Waals surface area contributed by atoms with Crippen LogP contribution in [0.25, 0.3) is 10.9 Å². The number of benzene rings is 1. The van der Waals surface area contributed by atoms with Crippen LogP contribution in [-0.4, -0.2) is 27.8 Å². The van der Waals surface area contributed by atoms with E-state index in [1.165, 1.54) is 24.3 Å². The fourth-order valence-corrected chi connectivity index (χ4v) is 2.22. The molecule has 0 saturated heterocycles. The van der Waals surface area contributed by atoms with Crippen LogP contribution in [0.3, 0.4) is 0 Å². The van der Waals surface area contributed by atoms with E-state index in [-0.39, 0.29) is 11.3 Å². The Kier molecular flexibility index (Phi) is 4.73. The third-order valence-corrected chi connectivity index (χ3v) is 3.18. The number of carboxylic acid groups (broad SMARTS) is 1.